The molecule has 2 aliphatic rings. The standard InChI is InChI=1S/C12H15ClN2O3.C10H13ClN2O2/c1-8(16)14-11-5-9(13)6-15(12(11)17)10-3-2-4-18-7-10;11-7-4-9(12)10(14)13(5-7)8-2-1-3-15-6-8/h5-6,10H,2-4,7H2,1H3,(H,14,16);4-5,8H,1-3,6,12H2. The minimum absolute atomic E-state index is 0.0162. The van der Waals surface area contributed by atoms with Crippen molar-refractivity contribution in [2.45, 2.75) is 44.7 Å². The normalized spacial score (nSPS) is 20.5. The van der Waals surface area contributed by atoms with Gasteiger partial charge in [0.1, 0.15) is 5.69 Å². The molecule has 11 heteroatoms. The third-order valence-electron chi connectivity index (χ3n) is 5.42. The second kappa shape index (κ2) is 11.7. The van der Waals surface area contributed by atoms with E-state index in [1.165, 1.54) is 19.1 Å². The molecular weight excluding hydrogens is 471 g/mol. The number of carbonyl (C=O) groups excluding carboxylic acids is 1. The van der Waals surface area contributed by atoms with Crippen molar-refractivity contribution in [3.63, 3.8) is 0 Å². The SMILES string of the molecule is CC(=O)Nc1cc(Cl)cn(C2CCCOC2)c1=O.Nc1cc(Cl)cn(C2CCCOC2)c1=O. The fourth-order valence-electron chi connectivity index (χ4n) is 3.86. The van der Waals surface area contributed by atoms with E-state index in [1.807, 2.05) is 0 Å². The maximum atomic E-state index is 12.2. The van der Waals surface area contributed by atoms with Gasteiger partial charge in [0.2, 0.25) is 5.91 Å². The number of nitrogens with two attached hydrogens (primary N) is 1. The average molecular weight is 499 g/mol. The Morgan fingerprint density at radius 2 is 1.48 bits per heavy atom. The van der Waals surface area contributed by atoms with Gasteiger partial charge in [-0.15, -0.1) is 0 Å². The van der Waals surface area contributed by atoms with Crippen molar-refractivity contribution in [1.82, 2.24) is 9.13 Å². The number of pyridine rings is 2. The van der Waals surface area contributed by atoms with Crippen LogP contribution in [0.5, 0.6) is 0 Å². The Labute approximate surface area is 201 Å². The second-order valence-electron chi connectivity index (χ2n) is 8.03. The number of halogens is 2. The van der Waals surface area contributed by atoms with Crippen LogP contribution in [-0.4, -0.2) is 41.5 Å². The molecule has 180 valence electrons. The number of nitrogens with one attached hydrogen (secondary N) is 1. The number of rotatable bonds is 3. The van der Waals surface area contributed by atoms with Gasteiger partial charge in [0.15, 0.2) is 0 Å². The molecule has 0 radical (unpaired) electrons. The highest BCUT2D eigenvalue weighted by atomic mass is 35.5. The average Bonchev–Trinajstić information content (AvgIpc) is 2.79. The highest BCUT2D eigenvalue weighted by Crippen LogP contribution is 2.21. The molecule has 2 aromatic rings. The van der Waals surface area contributed by atoms with Gasteiger partial charge in [-0.25, -0.2) is 0 Å². The molecule has 0 aromatic carbocycles. The lowest BCUT2D eigenvalue weighted by molar-refractivity contribution is -0.114. The van der Waals surface area contributed by atoms with E-state index in [0.717, 1.165) is 38.9 Å². The van der Waals surface area contributed by atoms with Crippen LogP contribution in [0.4, 0.5) is 11.4 Å². The fourth-order valence-corrected chi connectivity index (χ4v) is 4.30. The van der Waals surface area contributed by atoms with Crippen LogP contribution in [0.2, 0.25) is 10.0 Å². The van der Waals surface area contributed by atoms with Gasteiger partial charge in [-0.05, 0) is 37.8 Å². The molecule has 33 heavy (non-hydrogen) atoms. The summed E-state index contributed by atoms with van der Waals surface area (Å²) in [7, 11) is 0. The van der Waals surface area contributed by atoms with Gasteiger partial charge in [-0.3, -0.25) is 14.4 Å². The van der Waals surface area contributed by atoms with Crippen LogP contribution in [0.15, 0.2) is 34.1 Å². The summed E-state index contributed by atoms with van der Waals surface area (Å²) in [5.74, 6) is -0.291. The molecule has 2 aromatic heterocycles. The van der Waals surface area contributed by atoms with Crippen LogP contribution in [0.25, 0.3) is 0 Å². The number of anilines is 2. The molecule has 4 heterocycles. The Morgan fingerprint density at radius 3 is 1.97 bits per heavy atom. The number of nitrogens with zero attached hydrogens (tertiary/aromatic N) is 2. The van der Waals surface area contributed by atoms with Crippen molar-refractivity contribution in [3.05, 3.63) is 55.3 Å². The molecular formula is C22H28Cl2N4O5. The highest BCUT2D eigenvalue weighted by Gasteiger charge is 2.19. The zero-order chi connectivity index (χ0) is 24.0. The lowest BCUT2D eigenvalue weighted by Gasteiger charge is -2.24. The summed E-state index contributed by atoms with van der Waals surface area (Å²) in [6, 6.07) is 2.99. The second-order valence-corrected chi connectivity index (χ2v) is 8.91. The van der Waals surface area contributed by atoms with Crippen molar-refractivity contribution < 1.29 is 14.3 Å². The predicted molar refractivity (Wildman–Crippen MR) is 128 cm³/mol. The van der Waals surface area contributed by atoms with Crippen molar-refractivity contribution in [2.75, 3.05) is 37.5 Å². The quantitative estimate of drug-likeness (QED) is 0.670. The maximum absolute atomic E-state index is 12.2. The predicted octanol–water partition coefficient (Wildman–Crippen LogP) is 3.25. The number of nitrogen functional groups attached to an aromatic ring is 1. The van der Waals surface area contributed by atoms with E-state index < -0.39 is 0 Å². The molecule has 1 amide bonds. The van der Waals surface area contributed by atoms with E-state index in [9.17, 15) is 14.4 Å². The van der Waals surface area contributed by atoms with E-state index in [2.05, 4.69) is 5.32 Å². The smallest absolute Gasteiger partial charge is 0.274 e. The molecule has 2 fully saturated rings. The summed E-state index contributed by atoms with van der Waals surface area (Å²) in [4.78, 5) is 35.0. The minimum Gasteiger partial charge on any atom is -0.394 e. The molecule has 2 atom stereocenters. The monoisotopic (exact) mass is 498 g/mol. The van der Waals surface area contributed by atoms with Gasteiger partial charge in [0, 0.05) is 32.5 Å². The summed E-state index contributed by atoms with van der Waals surface area (Å²) >= 11 is 11.8. The summed E-state index contributed by atoms with van der Waals surface area (Å²) in [6.07, 6.45) is 6.90. The van der Waals surface area contributed by atoms with Crippen LogP contribution in [0.3, 0.4) is 0 Å². The van der Waals surface area contributed by atoms with Gasteiger partial charge < -0.3 is 29.7 Å². The van der Waals surface area contributed by atoms with Crippen molar-refractivity contribution in [1.29, 1.82) is 0 Å². The van der Waals surface area contributed by atoms with Crippen molar-refractivity contribution in [2.24, 2.45) is 0 Å². The van der Waals surface area contributed by atoms with Gasteiger partial charge in [0.25, 0.3) is 11.1 Å². The van der Waals surface area contributed by atoms with Crippen LogP contribution in [-0.2, 0) is 14.3 Å². The van der Waals surface area contributed by atoms with Crippen LogP contribution in [0.1, 0.15) is 44.7 Å². The topological polar surface area (TPSA) is 118 Å². The van der Waals surface area contributed by atoms with E-state index in [1.54, 1.807) is 21.5 Å². The number of aromatic nitrogens is 2. The molecule has 2 aliphatic heterocycles. The summed E-state index contributed by atoms with van der Waals surface area (Å²) < 4.78 is 13.8. The molecule has 0 saturated carbocycles. The van der Waals surface area contributed by atoms with Crippen molar-refractivity contribution >= 4 is 40.5 Å². The number of ether oxygens (including phenoxy) is 2. The summed E-state index contributed by atoms with van der Waals surface area (Å²) in [5.41, 5.74) is 5.54. The fraction of sp³-hybridized carbons (Fsp3) is 0.500. The third-order valence-corrected chi connectivity index (χ3v) is 5.83. The number of carbonyl (C=O) groups is 1. The number of hydrogen-bond acceptors (Lipinski definition) is 6. The Balaban J connectivity index is 0.000000189. The first kappa shape index (κ1) is 25.3. The molecule has 2 unspecified atom stereocenters. The first-order valence-electron chi connectivity index (χ1n) is 10.8. The van der Waals surface area contributed by atoms with E-state index in [0.29, 0.717) is 23.3 Å². The number of hydrogen-bond donors (Lipinski definition) is 2. The van der Waals surface area contributed by atoms with E-state index in [-0.39, 0.29) is 40.5 Å². The molecule has 9 nitrogen and oxygen atoms in total. The maximum Gasteiger partial charge on any atom is 0.274 e. The van der Waals surface area contributed by atoms with Crippen molar-refractivity contribution in [3.8, 4) is 0 Å². The van der Waals surface area contributed by atoms with Gasteiger partial charge in [0.05, 0.1) is 41.0 Å². The van der Waals surface area contributed by atoms with Crippen LogP contribution >= 0.6 is 23.2 Å². The lowest BCUT2D eigenvalue weighted by atomic mass is 10.1. The summed E-state index contributed by atoms with van der Waals surface area (Å²) in [5, 5.41) is 3.40. The Morgan fingerprint density at radius 1 is 0.970 bits per heavy atom. The van der Waals surface area contributed by atoms with E-state index >= 15 is 0 Å². The molecule has 0 spiro atoms. The zero-order valence-corrected chi connectivity index (χ0v) is 19.9. The Hall–Kier alpha value is -2.33. The van der Waals surface area contributed by atoms with Gasteiger partial charge in [-0.1, -0.05) is 23.2 Å². The molecule has 4 rings (SSSR count). The minimum atomic E-state index is -0.291. The van der Waals surface area contributed by atoms with Crippen LogP contribution < -0.4 is 22.2 Å². The first-order chi connectivity index (χ1) is 15.8. The molecule has 0 bridgehead atoms. The Bertz CT molecular complexity index is 1090. The third kappa shape index (κ3) is 6.83. The lowest BCUT2D eigenvalue weighted by Crippen LogP contribution is -2.32. The van der Waals surface area contributed by atoms with Gasteiger partial charge in [-0.2, -0.15) is 0 Å². The molecule has 0 aliphatic carbocycles. The van der Waals surface area contributed by atoms with Gasteiger partial charge >= 0.3 is 0 Å². The highest BCUT2D eigenvalue weighted by molar-refractivity contribution is 6.31. The summed E-state index contributed by atoms with van der Waals surface area (Å²) in [6.45, 7) is 3.90. The zero-order valence-electron chi connectivity index (χ0n) is 18.4. The first-order valence-corrected chi connectivity index (χ1v) is 11.5. The van der Waals surface area contributed by atoms with Crippen LogP contribution in [0, 0.1) is 0 Å². The Kier molecular flexibility index (Phi) is 8.96. The van der Waals surface area contributed by atoms with E-state index in [4.69, 9.17) is 38.4 Å². The molecule has 2 saturated heterocycles. The number of amides is 1. The molecule has 3 N–H and O–H groups in total. The largest absolute Gasteiger partial charge is 0.394 e.